The summed E-state index contributed by atoms with van der Waals surface area (Å²) in [4.78, 5) is 13.2. The molecule has 2 aliphatic rings. The Kier molecular flexibility index (Phi) is 6.57. The minimum absolute atomic E-state index is 0. The van der Waals surface area contributed by atoms with Gasteiger partial charge in [0.25, 0.3) is 0 Å². The van der Waals surface area contributed by atoms with Gasteiger partial charge in [-0.1, -0.05) is 12.1 Å². The number of nitrogens with zero attached hydrogens (tertiary/aromatic N) is 1. The molecule has 2 aliphatic heterocycles. The molecule has 0 spiro atoms. The molecule has 9 heteroatoms. The third kappa shape index (κ3) is 3.97. The van der Waals surface area contributed by atoms with E-state index >= 15 is 0 Å². The quantitative estimate of drug-likeness (QED) is 0.280. The minimum atomic E-state index is -2.66. The number of likely N-dealkylation sites (N-methyl/N-ethyl adjacent to an activating group) is 1. The Morgan fingerprint density at radius 3 is 1.75 bits per heavy atom. The molecular weight excluding hydrogens is 494 g/mol. The van der Waals surface area contributed by atoms with Crippen molar-refractivity contribution >= 4 is 5.97 Å². The van der Waals surface area contributed by atoms with Gasteiger partial charge in [0.05, 0.1) is 14.1 Å². The molecule has 0 aliphatic carbocycles. The molecule has 0 aromatic heterocycles. The van der Waals surface area contributed by atoms with E-state index in [1.54, 1.807) is 0 Å². The number of fused-ring (bicyclic) bond motifs is 2. The Hall–Kier alpha value is -2.23. The number of esters is 1. The number of hydrogen-bond acceptors (Lipinski definition) is 3. The van der Waals surface area contributed by atoms with Crippen LogP contribution in [0.25, 0.3) is 0 Å². The number of halogens is 5. The second-order valence-corrected chi connectivity index (χ2v) is 8.62. The van der Waals surface area contributed by atoms with E-state index < -0.39 is 40.9 Å². The molecule has 1 saturated heterocycles. The lowest BCUT2D eigenvalue weighted by Crippen LogP contribution is -3.00. The molecule has 0 amide bonds. The van der Waals surface area contributed by atoms with Crippen molar-refractivity contribution in [1.29, 1.82) is 0 Å². The Balaban J connectivity index is 0.00000289. The third-order valence-corrected chi connectivity index (χ3v) is 6.52. The molecule has 4 nitrogen and oxygen atoms in total. The molecule has 1 N–H and O–H groups in total. The fraction of sp³-hybridized carbons (Fsp3) is 0.348. The van der Waals surface area contributed by atoms with Crippen molar-refractivity contribution < 1.29 is 53.7 Å². The predicted molar refractivity (Wildman–Crippen MR) is 104 cm³/mol. The predicted octanol–water partition coefficient (Wildman–Crippen LogP) is 0.572. The Bertz CT molecular complexity index is 1010. The van der Waals surface area contributed by atoms with Gasteiger partial charge >= 0.3 is 5.97 Å². The van der Waals surface area contributed by atoms with Crippen molar-refractivity contribution in [3.05, 3.63) is 82.9 Å². The van der Waals surface area contributed by atoms with Gasteiger partial charge in [-0.25, -0.2) is 22.4 Å². The number of quaternary nitrogens is 1. The fourth-order valence-electron chi connectivity index (χ4n) is 4.46. The van der Waals surface area contributed by atoms with E-state index in [9.17, 15) is 27.5 Å². The van der Waals surface area contributed by atoms with Gasteiger partial charge in [-0.05, 0) is 36.4 Å². The van der Waals surface area contributed by atoms with E-state index in [0.29, 0.717) is 25.0 Å². The normalized spacial score (nSPS) is 23.5. The highest BCUT2D eigenvalue weighted by Gasteiger charge is 2.49. The summed E-state index contributed by atoms with van der Waals surface area (Å²) in [5, 5.41) is 11.4. The molecule has 172 valence electrons. The molecular formula is C23H22BrF4NO3. The molecule has 32 heavy (non-hydrogen) atoms. The summed E-state index contributed by atoms with van der Waals surface area (Å²) < 4.78 is 61.1. The van der Waals surface area contributed by atoms with Crippen LogP contribution in [-0.4, -0.2) is 47.8 Å². The van der Waals surface area contributed by atoms with E-state index in [0.717, 1.165) is 28.7 Å². The second-order valence-electron chi connectivity index (χ2n) is 8.62. The van der Waals surface area contributed by atoms with Crippen molar-refractivity contribution in [2.45, 2.75) is 36.6 Å². The van der Waals surface area contributed by atoms with E-state index in [2.05, 4.69) is 26.2 Å². The lowest BCUT2D eigenvalue weighted by Gasteiger charge is -2.44. The number of rotatable bonds is 4. The maximum Gasteiger partial charge on any atom is 0.347 e. The van der Waals surface area contributed by atoms with Gasteiger partial charge in [-0.15, -0.1) is 0 Å². The van der Waals surface area contributed by atoms with Gasteiger partial charge in [-0.3, -0.25) is 0 Å². The average Bonchev–Trinajstić information content (AvgIpc) is 2.88. The first-order valence-corrected chi connectivity index (χ1v) is 9.89. The van der Waals surface area contributed by atoms with Crippen molar-refractivity contribution in [2.24, 2.45) is 0 Å². The summed E-state index contributed by atoms with van der Waals surface area (Å²) in [6.45, 7) is 0. The summed E-state index contributed by atoms with van der Waals surface area (Å²) in [6.07, 6.45) is 4.62. The zero-order valence-corrected chi connectivity index (χ0v) is 19.0. The van der Waals surface area contributed by atoms with Crippen molar-refractivity contribution in [2.75, 3.05) is 14.1 Å². The number of aliphatic hydroxyl groups is 1. The van der Waals surface area contributed by atoms with Crippen molar-refractivity contribution in [3.63, 3.8) is 0 Å². The van der Waals surface area contributed by atoms with Crippen LogP contribution in [0, 0.1) is 23.3 Å². The molecule has 0 saturated carbocycles. The van der Waals surface area contributed by atoms with Crippen LogP contribution < -0.4 is 17.0 Å². The summed E-state index contributed by atoms with van der Waals surface area (Å²) in [7, 11) is 4.15. The topological polar surface area (TPSA) is 46.5 Å². The number of carbonyl (C=O) groups is 1. The van der Waals surface area contributed by atoms with Crippen LogP contribution in [0.15, 0.2) is 48.6 Å². The van der Waals surface area contributed by atoms with Gasteiger partial charge in [-0.2, -0.15) is 0 Å². The van der Waals surface area contributed by atoms with Gasteiger partial charge in [0, 0.05) is 24.0 Å². The van der Waals surface area contributed by atoms with Gasteiger partial charge < -0.3 is 31.3 Å². The maximum atomic E-state index is 13.9. The Morgan fingerprint density at radius 1 is 0.906 bits per heavy atom. The molecule has 2 heterocycles. The highest BCUT2D eigenvalue weighted by Crippen LogP contribution is 2.38. The molecule has 2 unspecified atom stereocenters. The monoisotopic (exact) mass is 515 g/mol. The second kappa shape index (κ2) is 8.61. The average molecular weight is 516 g/mol. The number of benzene rings is 2. The molecule has 1 fully saturated rings. The van der Waals surface area contributed by atoms with Crippen LogP contribution in [0.1, 0.15) is 24.0 Å². The summed E-state index contributed by atoms with van der Waals surface area (Å²) in [6, 6.07) is 5.03. The van der Waals surface area contributed by atoms with E-state index in [1.165, 1.54) is 0 Å². The van der Waals surface area contributed by atoms with E-state index in [1.807, 2.05) is 0 Å². The maximum absolute atomic E-state index is 13.9. The molecule has 2 aromatic carbocycles. The lowest BCUT2D eigenvalue weighted by atomic mass is 9.85. The summed E-state index contributed by atoms with van der Waals surface area (Å²) in [5.41, 5.74) is -3.36. The molecule has 3 atom stereocenters. The fourth-order valence-corrected chi connectivity index (χ4v) is 4.46. The number of hydrogen-bond donors (Lipinski definition) is 1. The van der Waals surface area contributed by atoms with Crippen LogP contribution in [0.2, 0.25) is 0 Å². The SMILES string of the molecule is C[N+]1(C)C2C=C[C@@H]1CC(OC(=O)C(O)(c1ccc(F)c(F)c1)c1ccc(F)c(F)c1)C2.[Br-]. The van der Waals surface area contributed by atoms with Crippen LogP contribution >= 0.6 is 0 Å². The zero-order chi connectivity index (χ0) is 22.6. The van der Waals surface area contributed by atoms with Gasteiger partial charge in [0.2, 0.25) is 5.60 Å². The standard InChI is InChI=1S/C23H22F4NO3.BrH/c1-28(2)15-5-6-16(28)12-17(11-15)31-22(29)23(30,13-3-7-18(24)20(26)9-13)14-4-8-19(25)21(27)10-14;/h3-10,15-17,30H,11-12H2,1-2H3;1H/q+1;/p-1/t15-,16?,17?;/m1./s1. The van der Waals surface area contributed by atoms with Crippen LogP contribution in [0.3, 0.4) is 0 Å². The first-order valence-electron chi connectivity index (χ1n) is 9.89. The smallest absolute Gasteiger partial charge is 0.347 e. The van der Waals surface area contributed by atoms with Crippen molar-refractivity contribution in [3.8, 4) is 0 Å². The largest absolute Gasteiger partial charge is 1.00 e. The van der Waals surface area contributed by atoms with Crippen LogP contribution in [0.4, 0.5) is 17.6 Å². The molecule has 2 aromatic rings. The third-order valence-electron chi connectivity index (χ3n) is 6.52. The summed E-state index contributed by atoms with van der Waals surface area (Å²) >= 11 is 0. The van der Waals surface area contributed by atoms with E-state index in [4.69, 9.17) is 4.74 Å². The minimum Gasteiger partial charge on any atom is -1.00 e. The van der Waals surface area contributed by atoms with E-state index in [-0.39, 0.29) is 40.2 Å². The first-order chi connectivity index (χ1) is 14.5. The summed E-state index contributed by atoms with van der Waals surface area (Å²) in [5.74, 6) is -6.13. The van der Waals surface area contributed by atoms with Gasteiger partial charge in [0.1, 0.15) is 18.2 Å². The number of carbonyl (C=O) groups excluding carboxylic acids is 1. The molecule has 0 radical (unpaired) electrons. The number of piperidine rings is 1. The van der Waals surface area contributed by atoms with Crippen molar-refractivity contribution in [1.82, 2.24) is 0 Å². The van der Waals surface area contributed by atoms with Crippen LogP contribution in [0.5, 0.6) is 0 Å². The molecule has 4 rings (SSSR count). The number of ether oxygens (including phenoxy) is 1. The lowest BCUT2D eigenvalue weighted by molar-refractivity contribution is -0.926. The van der Waals surface area contributed by atoms with Crippen LogP contribution in [-0.2, 0) is 15.1 Å². The molecule has 2 bridgehead atoms. The highest BCUT2D eigenvalue weighted by atomic mass is 79.9. The Labute approximate surface area is 193 Å². The Morgan fingerprint density at radius 2 is 1.34 bits per heavy atom. The first kappa shape index (κ1) is 24.4. The highest BCUT2D eigenvalue weighted by molar-refractivity contribution is 5.85. The zero-order valence-electron chi connectivity index (χ0n) is 17.4. The van der Waals surface area contributed by atoms with Gasteiger partial charge in [0.15, 0.2) is 23.3 Å².